The summed E-state index contributed by atoms with van der Waals surface area (Å²) in [6.07, 6.45) is 2.46. The molecule has 0 spiro atoms. The molecule has 1 fully saturated rings. The third-order valence-electron chi connectivity index (χ3n) is 5.19. The van der Waals surface area contributed by atoms with E-state index in [1.54, 1.807) is 0 Å². The first kappa shape index (κ1) is 15.4. The monoisotopic (exact) mass is 343 g/mol. The second-order valence-electron chi connectivity index (χ2n) is 7.21. The quantitative estimate of drug-likeness (QED) is 0.496. The Hall–Kier alpha value is -2.88. The maximum Gasteiger partial charge on any atom is 0.196 e. The maximum atomic E-state index is 6.20. The molecular weight excluding hydrogens is 322 g/mol. The fourth-order valence-corrected chi connectivity index (χ4v) is 3.89. The van der Waals surface area contributed by atoms with Crippen molar-refractivity contribution in [1.29, 1.82) is 0 Å². The smallest absolute Gasteiger partial charge is 0.196 e. The van der Waals surface area contributed by atoms with E-state index in [0.29, 0.717) is 5.92 Å². The van der Waals surface area contributed by atoms with Crippen LogP contribution in [0.3, 0.4) is 0 Å². The molecule has 4 nitrogen and oxygen atoms in total. The van der Waals surface area contributed by atoms with Crippen molar-refractivity contribution in [2.75, 3.05) is 18.0 Å². The molecule has 0 amide bonds. The lowest BCUT2D eigenvalue weighted by Gasteiger charge is -2.31. The van der Waals surface area contributed by atoms with Crippen LogP contribution in [0.5, 0.6) is 0 Å². The van der Waals surface area contributed by atoms with E-state index in [1.165, 1.54) is 12.8 Å². The van der Waals surface area contributed by atoms with Crippen LogP contribution >= 0.6 is 0 Å². The lowest BCUT2D eigenvalue weighted by molar-refractivity contribution is 0.444. The Morgan fingerprint density at radius 2 is 1.81 bits per heavy atom. The molecule has 4 aromatic rings. The zero-order chi connectivity index (χ0) is 17.5. The molecule has 1 aliphatic heterocycles. The van der Waals surface area contributed by atoms with Crippen molar-refractivity contribution >= 4 is 27.9 Å². The molecule has 2 aromatic heterocycles. The first-order valence-electron chi connectivity index (χ1n) is 9.29. The Labute approximate surface area is 152 Å². The minimum Gasteiger partial charge on any atom is -0.450 e. The summed E-state index contributed by atoms with van der Waals surface area (Å²) in [5, 5.41) is 1.05. The molecule has 0 aliphatic carbocycles. The molecule has 130 valence electrons. The van der Waals surface area contributed by atoms with Crippen LogP contribution in [-0.2, 0) is 0 Å². The number of fused-ring (bicyclic) bond motifs is 3. The molecule has 26 heavy (non-hydrogen) atoms. The first-order chi connectivity index (χ1) is 12.8. The Balaban J connectivity index is 1.78. The maximum absolute atomic E-state index is 6.20. The van der Waals surface area contributed by atoms with Crippen LogP contribution in [-0.4, -0.2) is 23.1 Å². The van der Waals surface area contributed by atoms with E-state index in [2.05, 4.69) is 30.0 Å². The molecule has 0 radical (unpaired) electrons. The second kappa shape index (κ2) is 6.13. The van der Waals surface area contributed by atoms with Crippen molar-refractivity contribution < 1.29 is 4.42 Å². The highest BCUT2D eigenvalue weighted by atomic mass is 16.3. The van der Waals surface area contributed by atoms with Crippen LogP contribution in [0.2, 0.25) is 0 Å². The molecule has 1 atom stereocenters. The number of hydrogen-bond acceptors (Lipinski definition) is 4. The predicted octanol–water partition coefficient (Wildman–Crippen LogP) is 5.28. The zero-order valence-electron chi connectivity index (χ0n) is 14.9. The molecule has 0 saturated carbocycles. The van der Waals surface area contributed by atoms with E-state index < -0.39 is 0 Å². The average molecular weight is 343 g/mol. The zero-order valence-corrected chi connectivity index (χ0v) is 14.9. The van der Waals surface area contributed by atoms with E-state index in [4.69, 9.17) is 14.4 Å². The molecular formula is C22H21N3O. The highest BCUT2D eigenvalue weighted by Gasteiger charge is 2.24. The lowest BCUT2D eigenvalue weighted by Crippen LogP contribution is -2.35. The van der Waals surface area contributed by atoms with Gasteiger partial charge >= 0.3 is 0 Å². The standard InChI is InChI=1S/C22H21N3O/c1-15-8-7-13-25(14-15)22-20-19(17-11-5-6-12-18(17)26-20)23-21(24-22)16-9-3-2-4-10-16/h2-6,9-12,15H,7-8,13-14H2,1H3/t15-/m0/s1. The normalized spacial score (nSPS) is 17.9. The van der Waals surface area contributed by atoms with Gasteiger partial charge in [-0.05, 0) is 30.9 Å². The summed E-state index contributed by atoms with van der Waals surface area (Å²) in [7, 11) is 0. The molecule has 1 saturated heterocycles. The lowest BCUT2D eigenvalue weighted by atomic mass is 10.0. The summed E-state index contributed by atoms with van der Waals surface area (Å²) in [5.74, 6) is 2.35. The molecule has 1 aliphatic rings. The molecule has 0 bridgehead atoms. The fourth-order valence-electron chi connectivity index (χ4n) is 3.89. The van der Waals surface area contributed by atoms with Crippen molar-refractivity contribution in [2.45, 2.75) is 19.8 Å². The molecule has 0 N–H and O–H groups in total. The van der Waals surface area contributed by atoms with Crippen molar-refractivity contribution in [3.8, 4) is 11.4 Å². The van der Waals surface area contributed by atoms with Gasteiger partial charge in [-0.1, -0.05) is 49.4 Å². The Kier molecular flexibility index (Phi) is 3.63. The SMILES string of the molecule is C[C@H]1CCCN(c2nc(-c3ccccc3)nc3c2oc2ccccc23)C1. The molecule has 3 heterocycles. The van der Waals surface area contributed by atoms with E-state index >= 15 is 0 Å². The van der Waals surface area contributed by atoms with Crippen LogP contribution < -0.4 is 4.90 Å². The number of furan rings is 1. The first-order valence-corrected chi connectivity index (χ1v) is 9.29. The van der Waals surface area contributed by atoms with Crippen LogP contribution in [0.25, 0.3) is 33.5 Å². The summed E-state index contributed by atoms with van der Waals surface area (Å²) in [6.45, 7) is 4.33. The third kappa shape index (κ3) is 2.53. The summed E-state index contributed by atoms with van der Waals surface area (Å²) in [5.41, 5.74) is 3.61. The topological polar surface area (TPSA) is 42.2 Å². The van der Waals surface area contributed by atoms with Crippen LogP contribution in [0.1, 0.15) is 19.8 Å². The Bertz CT molecular complexity index is 1070. The molecule has 2 aromatic carbocycles. The minimum absolute atomic E-state index is 0.665. The number of nitrogens with zero attached hydrogens (tertiary/aromatic N) is 3. The van der Waals surface area contributed by atoms with Crippen LogP contribution in [0.4, 0.5) is 5.82 Å². The van der Waals surface area contributed by atoms with E-state index in [9.17, 15) is 0 Å². The van der Waals surface area contributed by atoms with Gasteiger partial charge in [0.1, 0.15) is 11.1 Å². The minimum atomic E-state index is 0.665. The Morgan fingerprint density at radius 3 is 2.65 bits per heavy atom. The summed E-state index contributed by atoms with van der Waals surface area (Å²) in [4.78, 5) is 12.2. The van der Waals surface area contributed by atoms with Crippen molar-refractivity contribution in [1.82, 2.24) is 9.97 Å². The number of benzene rings is 2. The van der Waals surface area contributed by atoms with Gasteiger partial charge in [0, 0.05) is 24.0 Å². The van der Waals surface area contributed by atoms with Gasteiger partial charge in [0.15, 0.2) is 17.2 Å². The fraction of sp³-hybridized carbons (Fsp3) is 0.273. The summed E-state index contributed by atoms with van der Waals surface area (Å²) in [6, 6.07) is 18.3. The largest absolute Gasteiger partial charge is 0.450 e. The van der Waals surface area contributed by atoms with Gasteiger partial charge in [-0.3, -0.25) is 0 Å². The summed E-state index contributed by atoms with van der Waals surface area (Å²) < 4.78 is 6.20. The van der Waals surface area contributed by atoms with Crippen LogP contribution in [0, 0.1) is 5.92 Å². The molecule has 0 unspecified atom stereocenters. The van der Waals surface area contributed by atoms with Gasteiger partial charge in [0.25, 0.3) is 0 Å². The van der Waals surface area contributed by atoms with Gasteiger partial charge in [0.2, 0.25) is 0 Å². The number of para-hydroxylation sites is 1. The molecule has 5 rings (SSSR count). The van der Waals surface area contributed by atoms with Crippen LogP contribution in [0.15, 0.2) is 59.0 Å². The summed E-state index contributed by atoms with van der Waals surface area (Å²) >= 11 is 0. The number of piperidine rings is 1. The van der Waals surface area contributed by atoms with Gasteiger partial charge in [-0.2, -0.15) is 0 Å². The van der Waals surface area contributed by atoms with Gasteiger partial charge < -0.3 is 9.32 Å². The Morgan fingerprint density at radius 1 is 1.00 bits per heavy atom. The van der Waals surface area contributed by atoms with Gasteiger partial charge in [-0.25, -0.2) is 9.97 Å². The van der Waals surface area contributed by atoms with Crippen molar-refractivity contribution in [3.63, 3.8) is 0 Å². The number of hydrogen-bond donors (Lipinski definition) is 0. The van der Waals surface area contributed by atoms with E-state index in [-0.39, 0.29) is 0 Å². The van der Waals surface area contributed by atoms with Gasteiger partial charge in [0.05, 0.1) is 0 Å². The predicted molar refractivity (Wildman–Crippen MR) is 105 cm³/mol. The number of anilines is 1. The second-order valence-corrected chi connectivity index (χ2v) is 7.21. The average Bonchev–Trinajstić information content (AvgIpc) is 3.06. The highest BCUT2D eigenvalue weighted by molar-refractivity contribution is 6.06. The highest BCUT2D eigenvalue weighted by Crippen LogP contribution is 2.36. The number of rotatable bonds is 2. The number of aromatic nitrogens is 2. The van der Waals surface area contributed by atoms with Gasteiger partial charge in [-0.15, -0.1) is 0 Å². The molecule has 4 heteroatoms. The van der Waals surface area contributed by atoms with Crippen molar-refractivity contribution in [3.05, 3.63) is 54.6 Å². The van der Waals surface area contributed by atoms with Crippen molar-refractivity contribution in [2.24, 2.45) is 5.92 Å². The van der Waals surface area contributed by atoms with E-state index in [1.807, 2.05) is 36.4 Å². The van der Waals surface area contributed by atoms with E-state index in [0.717, 1.165) is 52.4 Å². The third-order valence-corrected chi connectivity index (χ3v) is 5.19.